The highest BCUT2D eigenvalue weighted by molar-refractivity contribution is 5.37. The lowest BCUT2D eigenvalue weighted by Gasteiger charge is -2.14. The van der Waals surface area contributed by atoms with Crippen LogP contribution in [0.3, 0.4) is 0 Å². The van der Waals surface area contributed by atoms with Crippen LogP contribution in [0.2, 0.25) is 0 Å². The molecular formula is C17H20FNO. The molecule has 3 heteroatoms. The standard InChI is InChI=1S/C17H20FNO/c1-4-19-13(3)14-6-5-7-15(11-14)20-17-10-12(2)8-9-16(17)18/h5-11,13,19H,4H2,1-3H3. The zero-order valence-corrected chi connectivity index (χ0v) is 12.1. The number of nitrogens with one attached hydrogen (secondary N) is 1. The predicted molar refractivity (Wildman–Crippen MR) is 79.7 cm³/mol. The molecule has 0 aliphatic heterocycles. The monoisotopic (exact) mass is 273 g/mol. The van der Waals surface area contributed by atoms with E-state index in [1.54, 1.807) is 12.1 Å². The summed E-state index contributed by atoms with van der Waals surface area (Å²) >= 11 is 0. The van der Waals surface area contributed by atoms with Crippen molar-refractivity contribution < 1.29 is 9.13 Å². The SMILES string of the molecule is CCNC(C)c1cccc(Oc2cc(C)ccc2F)c1. The molecule has 1 unspecified atom stereocenters. The second-order valence-corrected chi connectivity index (χ2v) is 4.89. The Morgan fingerprint density at radius 3 is 2.75 bits per heavy atom. The molecule has 0 saturated heterocycles. The van der Waals surface area contributed by atoms with Gasteiger partial charge in [0, 0.05) is 6.04 Å². The van der Waals surface area contributed by atoms with Crippen molar-refractivity contribution in [2.24, 2.45) is 0 Å². The van der Waals surface area contributed by atoms with Gasteiger partial charge in [-0.2, -0.15) is 0 Å². The van der Waals surface area contributed by atoms with E-state index in [9.17, 15) is 4.39 Å². The molecule has 2 nitrogen and oxygen atoms in total. The molecule has 0 aromatic heterocycles. The van der Waals surface area contributed by atoms with Crippen LogP contribution in [0.25, 0.3) is 0 Å². The molecule has 0 amide bonds. The molecule has 0 bridgehead atoms. The Balaban J connectivity index is 2.21. The molecule has 0 fully saturated rings. The minimum Gasteiger partial charge on any atom is -0.454 e. The fourth-order valence-corrected chi connectivity index (χ4v) is 2.09. The molecule has 106 valence electrons. The van der Waals surface area contributed by atoms with Crippen LogP contribution in [0.15, 0.2) is 42.5 Å². The van der Waals surface area contributed by atoms with Crippen LogP contribution in [-0.4, -0.2) is 6.54 Å². The molecule has 1 atom stereocenters. The van der Waals surface area contributed by atoms with Crippen LogP contribution in [0.4, 0.5) is 4.39 Å². The molecule has 0 saturated carbocycles. The lowest BCUT2D eigenvalue weighted by molar-refractivity contribution is 0.440. The van der Waals surface area contributed by atoms with Gasteiger partial charge < -0.3 is 10.1 Å². The molecule has 20 heavy (non-hydrogen) atoms. The Kier molecular flexibility index (Phi) is 4.74. The van der Waals surface area contributed by atoms with Gasteiger partial charge in [0.2, 0.25) is 0 Å². The summed E-state index contributed by atoms with van der Waals surface area (Å²) in [6.45, 7) is 6.98. The zero-order chi connectivity index (χ0) is 14.5. The van der Waals surface area contributed by atoms with E-state index in [1.807, 2.05) is 31.2 Å². The van der Waals surface area contributed by atoms with E-state index in [-0.39, 0.29) is 17.6 Å². The van der Waals surface area contributed by atoms with Gasteiger partial charge in [-0.1, -0.05) is 25.1 Å². The van der Waals surface area contributed by atoms with E-state index >= 15 is 0 Å². The molecule has 1 N–H and O–H groups in total. The van der Waals surface area contributed by atoms with Crippen molar-refractivity contribution in [3.8, 4) is 11.5 Å². The molecule has 2 aromatic rings. The number of aryl methyl sites for hydroxylation is 1. The third-order valence-corrected chi connectivity index (χ3v) is 3.18. The highest BCUT2D eigenvalue weighted by Crippen LogP contribution is 2.27. The van der Waals surface area contributed by atoms with Gasteiger partial charge >= 0.3 is 0 Å². The van der Waals surface area contributed by atoms with Gasteiger partial charge in [0.15, 0.2) is 11.6 Å². The first-order chi connectivity index (χ1) is 9.60. The smallest absolute Gasteiger partial charge is 0.165 e. The van der Waals surface area contributed by atoms with Crippen LogP contribution < -0.4 is 10.1 Å². The normalized spacial score (nSPS) is 12.2. The second kappa shape index (κ2) is 6.53. The third kappa shape index (κ3) is 3.58. The van der Waals surface area contributed by atoms with Crippen LogP contribution in [0.5, 0.6) is 11.5 Å². The average molecular weight is 273 g/mol. The van der Waals surface area contributed by atoms with Crippen molar-refractivity contribution in [1.29, 1.82) is 0 Å². The number of ether oxygens (including phenoxy) is 1. The number of hydrogen-bond donors (Lipinski definition) is 1. The number of rotatable bonds is 5. The lowest BCUT2D eigenvalue weighted by atomic mass is 10.1. The van der Waals surface area contributed by atoms with Crippen LogP contribution in [-0.2, 0) is 0 Å². The highest BCUT2D eigenvalue weighted by atomic mass is 19.1. The first kappa shape index (κ1) is 14.5. The van der Waals surface area contributed by atoms with E-state index in [4.69, 9.17) is 4.74 Å². The Bertz CT molecular complexity index is 583. The first-order valence-corrected chi connectivity index (χ1v) is 6.87. The van der Waals surface area contributed by atoms with Crippen molar-refractivity contribution >= 4 is 0 Å². The second-order valence-electron chi connectivity index (χ2n) is 4.89. The van der Waals surface area contributed by atoms with Gasteiger partial charge in [-0.05, 0) is 55.8 Å². The zero-order valence-electron chi connectivity index (χ0n) is 12.1. The Labute approximate surface area is 119 Å². The van der Waals surface area contributed by atoms with Gasteiger partial charge in [-0.15, -0.1) is 0 Å². The van der Waals surface area contributed by atoms with Crippen molar-refractivity contribution in [2.75, 3.05) is 6.54 Å². The molecule has 0 aliphatic rings. The van der Waals surface area contributed by atoms with Gasteiger partial charge in [0.05, 0.1) is 0 Å². The summed E-state index contributed by atoms with van der Waals surface area (Å²) in [7, 11) is 0. The van der Waals surface area contributed by atoms with E-state index < -0.39 is 0 Å². The molecule has 0 spiro atoms. The summed E-state index contributed by atoms with van der Waals surface area (Å²) in [5.74, 6) is 0.566. The van der Waals surface area contributed by atoms with Crippen molar-refractivity contribution in [3.05, 3.63) is 59.4 Å². The van der Waals surface area contributed by atoms with Crippen LogP contribution in [0.1, 0.15) is 31.0 Å². The summed E-state index contributed by atoms with van der Waals surface area (Å²) < 4.78 is 19.4. The summed E-state index contributed by atoms with van der Waals surface area (Å²) in [6, 6.07) is 12.8. The topological polar surface area (TPSA) is 21.3 Å². The summed E-state index contributed by atoms with van der Waals surface area (Å²) in [4.78, 5) is 0. The summed E-state index contributed by atoms with van der Waals surface area (Å²) in [6.07, 6.45) is 0. The fraction of sp³-hybridized carbons (Fsp3) is 0.294. The molecular weight excluding hydrogens is 253 g/mol. The van der Waals surface area contributed by atoms with Crippen molar-refractivity contribution in [3.63, 3.8) is 0 Å². The van der Waals surface area contributed by atoms with E-state index in [2.05, 4.69) is 19.2 Å². The van der Waals surface area contributed by atoms with Crippen LogP contribution in [0, 0.1) is 12.7 Å². The highest BCUT2D eigenvalue weighted by Gasteiger charge is 2.08. The average Bonchev–Trinajstić information content (AvgIpc) is 2.43. The van der Waals surface area contributed by atoms with Gasteiger partial charge in [-0.3, -0.25) is 0 Å². The van der Waals surface area contributed by atoms with E-state index in [1.165, 1.54) is 6.07 Å². The maximum Gasteiger partial charge on any atom is 0.165 e. The Morgan fingerprint density at radius 1 is 1.20 bits per heavy atom. The van der Waals surface area contributed by atoms with E-state index in [0.717, 1.165) is 17.7 Å². The third-order valence-electron chi connectivity index (χ3n) is 3.18. The molecule has 2 rings (SSSR count). The number of benzene rings is 2. The van der Waals surface area contributed by atoms with Crippen LogP contribution >= 0.6 is 0 Å². The number of hydrogen-bond acceptors (Lipinski definition) is 2. The number of halogens is 1. The van der Waals surface area contributed by atoms with Gasteiger partial charge in [0.25, 0.3) is 0 Å². The first-order valence-electron chi connectivity index (χ1n) is 6.87. The van der Waals surface area contributed by atoms with Crippen molar-refractivity contribution in [2.45, 2.75) is 26.8 Å². The van der Waals surface area contributed by atoms with E-state index in [0.29, 0.717) is 5.75 Å². The maximum atomic E-state index is 13.7. The van der Waals surface area contributed by atoms with Gasteiger partial charge in [0.1, 0.15) is 5.75 Å². The quantitative estimate of drug-likeness (QED) is 0.859. The largest absolute Gasteiger partial charge is 0.454 e. The lowest BCUT2D eigenvalue weighted by Crippen LogP contribution is -2.17. The maximum absolute atomic E-state index is 13.7. The summed E-state index contributed by atoms with van der Waals surface area (Å²) in [5.41, 5.74) is 2.09. The molecule has 0 radical (unpaired) electrons. The molecule has 0 aliphatic carbocycles. The van der Waals surface area contributed by atoms with Crippen molar-refractivity contribution in [1.82, 2.24) is 5.32 Å². The van der Waals surface area contributed by atoms with Gasteiger partial charge in [-0.25, -0.2) is 4.39 Å². The minimum absolute atomic E-state index is 0.242. The Hall–Kier alpha value is -1.87. The molecule has 0 heterocycles. The molecule has 2 aromatic carbocycles. The predicted octanol–water partition coefficient (Wildman–Crippen LogP) is 4.60. The Morgan fingerprint density at radius 2 is 2.00 bits per heavy atom. The fourth-order valence-electron chi connectivity index (χ4n) is 2.09. The minimum atomic E-state index is -0.347. The summed E-state index contributed by atoms with van der Waals surface area (Å²) in [5, 5.41) is 3.34.